The minimum absolute atomic E-state index is 0.0904. The normalized spacial score (nSPS) is 32.2. The van der Waals surface area contributed by atoms with Crippen molar-refractivity contribution in [3.8, 4) is 0 Å². The first kappa shape index (κ1) is 10.0. The summed E-state index contributed by atoms with van der Waals surface area (Å²) in [6, 6.07) is 10.2. The molecule has 0 aliphatic heterocycles. The quantitative estimate of drug-likeness (QED) is 0.776. The second-order valence-electron chi connectivity index (χ2n) is 4.93. The second-order valence-corrected chi connectivity index (χ2v) is 4.93. The van der Waals surface area contributed by atoms with Gasteiger partial charge in [-0.15, -0.1) is 0 Å². The predicted molar refractivity (Wildman–Crippen MR) is 60.9 cm³/mol. The standard InChI is InChI=1S/C14H16O2/c15-13-9-14(8-4-7-12(13)14)16-10-11-5-2-1-3-6-11/h1-3,5-6,12H,4,7-10H2. The van der Waals surface area contributed by atoms with Gasteiger partial charge in [0, 0.05) is 12.3 Å². The highest BCUT2D eigenvalue weighted by Gasteiger charge is 2.57. The van der Waals surface area contributed by atoms with Gasteiger partial charge in [-0.2, -0.15) is 0 Å². The Labute approximate surface area is 95.6 Å². The lowest BCUT2D eigenvalue weighted by Crippen LogP contribution is -2.52. The summed E-state index contributed by atoms with van der Waals surface area (Å²) < 4.78 is 6.03. The van der Waals surface area contributed by atoms with Crippen molar-refractivity contribution in [1.82, 2.24) is 0 Å². The van der Waals surface area contributed by atoms with E-state index in [1.807, 2.05) is 18.2 Å². The smallest absolute Gasteiger partial charge is 0.141 e. The zero-order valence-electron chi connectivity index (χ0n) is 9.32. The van der Waals surface area contributed by atoms with Crippen molar-refractivity contribution < 1.29 is 9.53 Å². The van der Waals surface area contributed by atoms with E-state index in [1.165, 1.54) is 5.56 Å². The van der Waals surface area contributed by atoms with Gasteiger partial charge in [-0.3, -0.25) is 4.79 Å². The molecule has 0 bridgehead atoms. The Morgan fingerprint density at radius 3 is 2.88 bits per heavy atom. The lowest BCUT2D eigenvalue weighted by atomic mass is 9.70. The molecule has 2 unspecified atom stereocenters. The topological polar surface area (TPSA) is 26.3 Å². The Bertz CT molecular complexity index is 398. The first-order chi connectivity index (χ1) is 7.80. The first-order valence-corrected chi connectivity index (χ1v) is 6.01. The highest BCUT2D eigenvalue weighted by atomic mass is 16.5. The van der Waals surface area contributed by atoms with E-state index in [9.17, 15) is 4.79 Å². The molecule has 84 valence electrons. The maximum Gasteiger partial charge on any atom is 0.141 e. The molecule has 2 saturated carbocycles. The lowest BCUT2D eigenvalue weighted by molar-refractivity contribution is -0.168. The Balaban J connectivity index is 1.66. The average molecular weight is 216 g/mol. The Hall–Kier alpha value is -1.15. The van der Waals surface area contributed by atoms with Crippen molar-refractivity contribution in [2.24, 2.45) is 5.92 Å². The Morgan fingerprint density at radius 2 is 2.12 bits per heavy atom. The summed E-state index contributed by atoms with van der Waals surface area (Å²) in [7, 11) is 0. The van der Waals surface area contributed by atoms with E-state index in [1.54, 1.807) is 0 Å². The van der Waals surface area contributed by atoms with E-state index >= 15 is 0 Å². The summed E-state index contributed by atoms with van der Waals surface area (Å²) in [5, 5.41) is 0. The number of benzene rings is 1. The van der Waals surface area contributed by atoms with Crippen LogP contribution in [0.1, 0.15) is 31.2 Å². The fourth-order valence-corrected chi connectivity index (χ4v) is 3.02. The fourth-order valence-electron chi connectivity index (χ4n) is 3.02. The van der Waals surface area contributed by atoms with Crippen molar-refractivity contribution in [1.29, 1.82) is 0 Å². The van der Waals surface area contributed by atoms with Gasteiger partial charge in [-0.25, -0.2) is 0 Å². The van der Waals surface area contributed by atoms with Gasteiger partial charge >= 0.3 is 0 Å². The van der Waals surface area contributed by atoms with Crippen molar-refractivity contribution in [2.75, 3.05) is 0 Å². The van der Waals surface area contributed by atoms with Crippen LogP contribution in [0.2, 0.25) is 0 Å². The van der Waals surface area contributed by atoms with Crippen LogP contribution in [0.25, 0.3) is 0 Å². The Morgan fingerprint density at radius 1 is 1.31 bits per heavy atom. The third-order valence-corrected chi connectivity index (χ3v) is 3.96. The van der Waals surface area contributed by atoms with Crippen molar-refractivity contribution >= 4 is 5.78 Å². The number of carbonyl (C=O) groups excluding carboxylic acids is 1. The van der Waals surface area contributed by atoms with Crippen LogP contribution in [-0.2, 0) is 16.1 Å². The van der Waals surface area contributed by atoms with Crippen molar-refractivity contribution in [3.63, 3.8) is 0 Å². The van der Waals surface area contributed by atoms with Gasteiger partial charge in [0.05, 0.1) is 12.2 Å². The van der Waals surface area contributed by atoms with Crippen LogP contribution in [0.5, 0.6) is 0 Å². The van der Waals surface area contributed by atoms with E-state index in [4.69, 9.17) is 4.74 Å². The average Bonchev–Trinajstić information content (AvgIpc) is 2.65. The van der Waals surface area contributed by atoms with E-state index < -0.39 is 0 Å². The van der Waals surface area contributed by atoms with Crippen LogP contribution in [0.15, 0.2) is 30.3 Å². The van der Waals surface area contributed by atoms with Gasteiger partial charge < -0.3 is 4.74 Å². The van der Waals surface area contributed by atoms with Crippen molar-refractivity contribution in [2.45, 2.75) is 37.9 Å². The number of carbonyl (C=O) groups is 1. The summed E-state index contributed by atoms with van der Waals surface area (Å²) in [6.45, 7) is 0.643. The van der Waals surface area contributed by atoms with Crippen LogP contribution < -0.4 is 0 Å². The molecule has 1 aromatic rings. The van der Waals surface area contributed by atoms with Crippen molar-refractivity contribution in [3.05, 3.63) is 35.9 Å². The molecule has 2 fully saturated rings. The molecule has 0 heterocycles. The fraction of sp³-hybridized carbons (Fsp3) is 0.500. The van der Waals surface area contributed by atoms with Crippen LogP contribution in [0, 0.1) is 5.92 Å². The van der Waals surface area contributed by atoms with Gasteiger partial charge in [-0.1, -0.05) is 30.3 Å². The van der Waals surface area contributed by atoms with E-state index in [-0.39, 0.29) is 11.5 Å². The molecule has 2 atom stereocenters. The third-order valence-electron chi connectivity index (χ3n) is 3.96. The number of ether oxygens (including phenoxy) is 1. The molecule has 2 aliphatic carbocycles. The largest absolute Gasteiger partial charge is 0.369 e. The molecule has 1 aromatic carbocycles. The van der Waals surface area contributed by atoms with E-state index in [0.717, 1.165) is 19.3 Å². The molecular formula is C14H16O2. The summed E-state index contributed by atoms with van der Waals surface area (Å²) in [5.41, 5.74) is 1.11. The van der Waals surface area contributed by atoms with Gasteiger partial charge in [0.25, 0.3) is 0 Å². The van der Waals surface area contributed by atoms with Crippen LogP contribution >= 0.6 is 0 Å². The zero-order valence-corrected chi connectivity index (χ0v) is 9.32. The maximum absolute atomic E-state index is 11.4. The number of fused-ring (bicyclic) bond motifs is 1. The van der Waals surface area contributed by atoms with E-state index in [2.05, 4.69) is 12.1 Å². The van der Waals surface area contributed by atoms with Crippen LogP contribution in [0.3, 0.4) is 0 Å². The monoisotopic (exact) mass is 216 g/mol. The summed E-state index contributed by atoms with van der Waals surface area (Å²) in [4.78, 5) is 11.4. The maximum atomic E-state index is 11.4. The van der Waals surface area contributed by atoms with Crippen LogP contribution in [-0.4, -0.2) is 11.4 Å². The SMILES string of the molecule is O=C1CC2(OCc3ccccc3)CCCC12. The molecule has 0 radical (unpaired) electrons. The number of hydrogen-bond donors (Lipinski definition) is 0. The van der Waals surface area contributed by atoms with Crippen LogP contribution in [0.4, 0.5) is 0 Å². The minimum Gasteiger partial charge on any atom is -0.369 e. The molecule has 0 aromatic heterocycles. The molecule has 0 N–H and O–H groups in total. The third kappa shape index (κ3) is 1.49. The van der Waals surface area contributed by atoms with Gasteiger partial charge in [0.2, 0.25) is 0 Å². The molecule has 2 aliphatic rings. The molecule has 0 spiro atoms. The summed E-state index contributed by atoms with van der Waals surface area (Å²) in [5.74, 6) is 0.613. The van der Waals surface area contributed by atoms with Gasteiger partial charge in [-0.05, 0) is 24.8 Å². The number of rotatable bonds is 3. The lowest BCUT2D eigenvalue weighted by Gasteiger charge is -2.43. The molecule has 2 nitrogen and oxygen atoms in total. The molecule has 16 heavy (non-hydrogen) atoms. The summed E-state index contributed by atoms with van der Waals surface area (Å²) >= 11 is 0. The predicted octanol–water partition coefficient (Wildman–Crippen LogP) is 2.71. The van der Waals surface area contributed by atoms with Gasteiger partial charge in [0.1, 0.15) is 5.78 Å². The number of ketones is 1. The van der Waals surface area contributed by atoms with E-state index in [0.29, 0.717) is 18.8 Å². The highest BCUT2D eigenvalue weighted by molar-refractivity contribution is 5.90. The second kappa shape index (κ2) is 3.70. The molecule has 2 heteroatoms. The minimum atomic E-state index is -0.0904. The number of hydrogen-bond acceptors (Lipinski definition) is 2. The molecule has 0 amide bonds. The summed E-state index contributed by atoms with van der Waals surface area (Å²) in [6.07, 6.45) is 3.89. The Kier molecular flexibility index (Phi) is 2.32. The number of Topliss-reactive ketones (excluding diaryl/α,β-unsaturated/α-hetero) is 1. The zero-order chi connectivity index (χ0) is 11.0. The molecule has 3 rings (SSSR count). The molecular weight excluding hydrogens is 200 g/mol. The highest BCUT2D eigenvalue weighted by Crippen LogP contribution is 2.50. The molecule has 0 saturated heterocycles. The first-order valence-electron chi connectivity index (χ1n) is 6.01. The van der Waals surface area contributed by atoms with Gasteiger partial charge in [0.15, 0.2) is 0 Å².